The first-order valence-corrected chi connectivity index (χ1v) is 2.06. The van der Waals surface area contributed by atoms with Crippen molar-refractivity contribution in [2.45, 2.75) is 19.3 Å². The molecular weight excluding hydrogens is 182 g/mol. The van der Waals surface area contributed by atoms with Gasteiger partial charge in [0.1, 0.15) is 0 Å². The minimum Gasteiger partial charge on any atom is -0.542 e. The van der Waals surface area contributed by atoms with E-state index in [0.717, 1.165) is 12.8 Å². The average molecular weight is 191 g/mol. The smallest absolute Gasteiger partial charge is 0.542 e. The van der Waals surface area contributed by atoms with Crippen LogP contribution in [-0.2, 0) is 25.2 Å². The molecule has 0 atom stereocenters. The molecule has 44 valence electrons. The Morgan fingerprint density at radius 1 is 1.57 bits per heavy atom. The van der Waals surface area contributed by atoms with E-state index in [1.54, 1.807) is 6.29 Å². The van der Waals surface area contributed by atoms with E-state index in [9.17, 15) is 4.79 Å². The summed E-state index contributed by atoms with van der Waals surface area (Å²) in [7, 11) is 0. The maximum absolute atomic E-state index is 9.41. The number of carbonyl (C=O) groups excluding carboxylic acids is 1. The third kappa shape index (κ3) is 10.7. The van der Waals surface area contributed by atoms with Gasteiger partial charge in [-0.05, 0) is 0 Å². The van der Waals surface area contributed by atoms with Crippen molar-refractivity contribution in [3.63, 3.8) is 0 Å². The van der Waals surface area contributed by atoms with E-state index >= 15 is 0 Å². The van der Waals surface area contributed by atoms with Gasteiger partial charge in [0.2, 0.25) is 0 Å². The molecule has 0 unspecified atom stereocenters. The van der Waals surface area contributed by atoms with Crippen molar-refractivity contribution in [3.05, 3.63) is 6.92 Å². The van der Waals surface area contributed by atoms with Gasteiger partial charge in [-0.15, -0.1) is 6.42 Å². The van der Waals surface area contributed by atoms with Crippen molar-refractivity contribution < 1.29 is 25.2 Å². The largest absolute Gasteiger partial charge is 2.00 e. The van der Waals surface area contributed by atoms with Crippen molar-refractivity contribution in [1.82, 2.24) is 0 Å². The molecule has 0 aliphatic heterocycles. The van der Waals surface area contributed by atoms with E-state index in [0.29, 0.717) is 6.42 Å². The Kier molecular flexibility index (Phi) is 14.2. The van der Waals surface area contributed by atoms with Crippen LogP contribution in [0.15, 0.2) is 0 Å². The molecule has 0 spiro atoms. The second-order valence-corrected chi connectivity index (χ2v) is 1.10. The fourth-order valence-corrected chi connectivity index (χ4v) is 0.197. The van der Waals surface area contributed by atoms with Crippen LogP contribution in [0, 0.1) is 6.92 Å². The van der Waals surface area contributed by atoms with Crippen LogP contribution < -0.4 is 0 Å². The fraction of sp³-hybridized carbons (Fsp3) is 0.600. The van der Waals surface area contributed by atoms with E-state index in [1.165, 1.54) is 0 Å². The van der Waals surface area contributed by atoms with Gasteiger partial charge in [0.05, 0.1) is 0 Å². The number of rotatable bonds is 3. The van der Waals surface area contributed by atoms with Crippen molar-refractivity contribution in [3.8, 4) is 0 Å². The molecule has 0 N–H and O–H groups in total. The van der Waals surface area contributed by atoms with Crippen molar-refractivity contribution in [1.29, 1.82) is 0 Å². The van der Waals surface area contributed by atoms with Crippen LogP contribution >= 0.6 is 0 Å². The minimum atomic E-state index is 0. The summed E-state index contributed by atoms with van der Waals surface area (Å²) in [5.74, 6) is 0. The first kappa shape index (κ1) is 10.3. The molecule has 0 bridgehead atoms. The van der Waals surface area contributed by atoms with Crippen LogP contribution in [0.4, 0.5) is 0 Å². The molecule has 0 saturated heterocycles. The summed E-state index contributed by atoms with van der Waals surface area (Å²) in [4.78, 5) is 9.41. The Labute approximate surface area is 58.1 Å². The van der Waals surface area contributed by atoms with Crippen LogP contribution in [0.25, 0.3) is 0 Å². The predicted octanol–water partition coefficient (Wildman–Crippen LogP) is 1.10. The van der Waals surface area contributed by atoms with E-state index in [-0.39, 0.29) is 20.4 Å². The molecule has 0 heterocycles. The quantitative estimate of drug-likeness (QED) is 0.370. The summed E-state index contributed by atoms with van der Waals surface area (Å²) in [6, 6.07) is 0. The summed E-state index contributed by atoms with van der Waals surface area (Å²) in [5, 5.41) is 0. The Hall–Kier alpha value is 0.332. The molecule has 0 aromatic rings. The first-order valence-electron chi connectivity index (χ1n) is 2.06. The summed E-state index contributed by atoms with van der Waals surface area (Å²) in [5.41, 5.74) is 0. The molecule has 0 aromatic heterocycles. The number of hydrogen-bond donors (Lipinski definition) is 0. The van der Waals surface area contributed by atoms with Crippen LogP contribution in [0.1, 0.15) is 19.3 Å². The van der Waals surface area contributed by atoms with Crippen molar-refractivity contribution in [2.24, 2.45) is 0 Å². The second-order valence-electron chi connectivity index (χ2n) is 1.10. The summed E-state index contributed by atoms with van der Waals surface area (Å²) in [6.45, 7) is 3.54. The Balaban J connectivity index is 0. The SMILES string of the molecule is [CH2-]CCC[C-]=O.[Pd+2]. The van der Waals surface area contributed by atoms with Crippen LogP contribution in [-0.4, -0.2) is 6.29 Å². The van der Waals surface area contributed by atoms with E-state index in [4.69, 9.17) is 0 Å². The monoisotopic (exact) mass is 190 g/mol. The zero-order valence-corrected chi connectivity index (χ0v) is 5.61. The molecule has 0 aromatic carbocycles. The van der Waals surface area contributed by atoms with Gasteiger partial charge < -0.3 is 11.7 Å². The summed E-state index contributed by atoms with van der Waals surface area (Å²) < 4.78 is 0. The average Bonchev–Trinajstić information content (AvgIpc) is 1.61. The van der Waals surface area contributed by atoms with Crippen LogP contribution in [0.5, 0.6) is 0 Å². The Morgan fingerprint density at radius 3 is 2.29 bits per heavy atom. The number of unbranched alkanes of at least 4 members (excludes halogenated alkanes) is 2. The molecular formula is C5H8OPd. The normalized spacial score (nSPS) is 7.00. The van der Waals surface area contributed by atoms with Gasteiger partial charge in [0, 0.05) is 0 Å². The Bertz CT molecular complexity index is 37.1. The maximum Gasteiger partial charge on any atom is 2.00 e. The predicted molar refractivity (Wildman–Crippen MR) is 24.9 cm³/mol. The van der Waals surface area contributed by atoms with Crippen LogP contribution in [0.3, 0.4) is 0 Å². The summed E-state index contributed by atoms with van der Waals surface area (Å²) >= 11 is 0. The second kappa shape index (κ2) is 9.59. The van der Waals surface area contributed by atoms with E-state index in [2.05, 4.69) is 6.92 Å². The first-order chi connectivity index (χ1) is 2.91. The van der Waals surface area contributed by atoms with Gasteiger partial charge in [0.25, 0.3) is 0 Å². The molecule has 0 aliphatic rings. The van der Waals surface area contributed by atoms with Gasteiger partial charge in [-0.1, -0.05) is 0 Å². The third-order valence-electron chi connectivity index (χ3n) is 0.529. The zero-order chi connectivity index (χ0) is 4.83. The molecule has 0 fully saturated rings. The van der Waals surface area contributed by atoms with Crippen molar-refractivity contribution in [2.75, 3.05) is 0 Å². The Morgan fingerprint density at radius 2 is 2.14 bits per heavy atom. The summed E-state index contributed by atoms with van der Waals surface area (Å²) in [6.07, 6.45) is 4.04. The molecule has 0 saturated carbocycles. The zero-order valence-electron chi connectivity index (χ0n) is 4.05. The van der Waals surface area contributed by atoms with Crippen molar-refractivity contribution >= 4 is 6.29 Å². The van der Waals surface area contributed by atoms with Gasteiger partial charge in [0.15, 0.2) is 0 Å². The van der Waals surface area contributed by atoms with Gasteiger partial charge in [-0.2, -0.15) is 12.8 Å². The minimum absolute atomic E-state index is 0. The standard InChI is InChI=1S/C5H8O.Pd/c1-2-3-4-5-6;/h1-4H2;/q-2;+2. The van der Waals surface area contributed by atoms with Gasteiger partial charge >= 0.3 is 20.4 Å². The molecule has 1 nitrogen and oxygen atoms in total. The molecule has 2 heteroatoms. The molecule has 0 amide bonds. The van der Waals surface area contributed by atoms with E-state index in [1.807, 2.05) is 0 Å². The van der Waals surface area contributed by atoms with Crippen LogP contribution in [0.2, 0.25) is 0 Å². The van der Waals surface area contributed by atoms with E-state index < -0.39 is 0 Å². The van der Waals surface area contributed by atoms with Gasteiger partial charge in [-0.25, -0.2) is 0 Å². The molecule has 0 radical (unpaired) electrons. The molecule has 0 rings (SSSR count). The molecule has 7 heavy (non-hydrogen) atoms. The number of hydrogen-bond acceptors (Lipinski definition) is 1. The topological polar surface area (TPSA) is 17.1 Å². The third-order valence-corrected chi connectivity index (χ3v) is 0.529. The fourth-order valence-electron chi connectivity index (χ4n) is 0.197. The van der Waals surface area contributed by atoms with Gasteiger partial charge in [-0.3, -0.25) is 6.29 Å². The molecule has 0 aliphatic carbocycles. The maximum atomic E-state index is 9.41.